The number of amides is 1. The van der Waals surface area contributed by atoms with Gasteiger partial charge in [-0.3, -0.25) is 4.79 Å². The predicted molar refractivity (Wildman–Crippen MR) is 83.3 cm³/mol. The van der Waals surface area contributed by atoms with E-state index >= 15 is 0 Å². The van der Waals surface area contributed by atoms with Gasteiger partial charge in [0.25, 0.3) is 5.91 Å². The Bertz CT molecular complexity index is 569. The maximum Gasteiger partial charge on any atom is 0.256 e. The fraction of sp³-hybridized carbons (Fsp3) is 0.214. The molecule has 0 saturated carbocycles. The first kappa shape index (κ1) is 14.1. The van der Waals surface area contributed by atoms with Crippen molar-refractivity contribution in [3.05, 3.63) is 50.6 Å². The topological polar surface area (TPSA) is 46.3 Å². The zero-order chi connectivity index (χ0) is 13.8. The summed E-state index contributed by atoms with van der Waals surface area (Å²) in [6, 6.07) is 9.38. The van der Waals surface area contributed by atoms with Gasteiger partial charge < -0.3 is 10.6 Å². The molecule has 2 rings (SSSR count). The number of thiophene rings is 1. The summed E-state index contributed by atoms with van der Waals surface area (Å²) in [6.45, 7) is 3.26. The first-order chi connectivity index (χ1) is 9.11. The summed E-state index contributed by atoms with van der Waals surface area (Å²) in [5.74, 6) is -0.0269. The van der Waals surface area contributed by atoms with Gasteiger partial charge in [-0.1, -0.05) is 22.0 Å². The molecule has 0 atom stereocenters. The molecule has 2 aromatic rings. The van der Waals surface area contributed by atoms with E-state index in [1.54, 1.807) is 28.4 Å². The number of nitrogens with zero attached hydrogens (tertiary/aromatic N) is 1. The van der Waals surface area contributed by atoms with Crippen LogP contribution in [0.2, 0.25) is 0 Å². The molecule has 1 heterocycles. The minimum Gasteiger partial charge on any atom is -0.398 e. The smallest absolute Gasteiger partial charge is 0.256 e. The Kier molecular flexibility index (Phi) is 4.61. The quantitative estimate of drug-likeness (QED) is 0.863. The SMILES string of the molecule is CCN(Cc1cccs1)C(=O)c1ccc(Br)cc1N. The molecule has 2 N–H and O–H groups in total. The fourth-order valence-corrected chi connectivity index (χ4v) is 2.91. The Morgan fingerprint density at radius 1 is 1.42 bits per heavy atom. The van der Waals surface area contributed by atoms with Crippen molar-refractivity contribution in [3.8, 4) is 0 Å². The van der Waals surface area contributed by atoms with E-state index in [0.717, 1.165) is 4.47 Å². The van der Waals surface area contributed by atoms with Gasteiger partial charge in [-0.2, -0.15) is 0 Å². The van der Waals surface area contributed by atoms with Gasteiger partial charge >= 0.3 is 0 Å². The third-order valence-electron chi connectivity index (χ3n) is 2.84. The van der Waals surface area contributed by atoms with Crippen molar-refractivity contribution in [2.75, 3.05) is 12.3 Å². The van der Waals surface area contributed by atoms with Gasteiger partial charge in [0.1, 0.15) is 0 Å². The molecule has 5 heteroatoms. The van der Waals surface area contributed by atoms with Crippen LogP contribution in [0.15, 0.2) is 40.2 Å². The maximum absolute atomic E-state index is 12.5. The molecule has 100 valence electrons. The molecule has 0 bridgehead atoms. The fourth-order valence-electron chi connectivity index (χ4n) is 1.82. The second-order valence-electron chi connectivity index (χ2n) is 4.13. The third-order valence-corrected chi connectivity index (χ3v) is 4.19. The molecule has 0 saturated heterocycles. The van der Waals surface area contributed by atoms with E-state index in [2.05, 4.69) is 15.9 Å². The highest BCUT2D eigenvalue weighted by atomic mass is 79.9. The van der Waals surface area contributed by atoms with E-state index in [4.69, 9.17) is 5.73 Å². The summed E-state index contributed by atoms with van der Waals surface area (Å²) >= 11 is 5.00. The van der Waals surface area contributed by atoms with Crippen LogP contribution < -0.4 is 5.73 Å². The van der Waals surface area contributed by atoms with E-state index < -0.39 is 0 Å². The predicted octanol–water partition coefficient (Wildman–Crippen LogP) is 3.76. The molecule has 0 unspecified atom stereocenters. The van der Waals surface area contributed by atoms with Crippen molar-refractivity contribution < 1.29 is 4.79 Å². The van der Waals surface area contributed by atoms with E-state index in [-0.39, 0.29) is 5.91 Å². The summed E-state index contributed by atoms with van der Waals surface area (Å²) in [4.78, 5) is 15.4. The van der Waals surface area contributed by atoms with Gasteiger partial charge in [0.05, 0.1) is 12.1 Å². The number of carbonyl (C=O) groups excluding carboxylic acids is 1. The van der Waals surface area contributed by atoms with Gasteiger partial charge in [-0.15, -0.1) is 11.3 Å². The summed E-state index contributed by atoms with van der Waals surface area (Å²) in [6.07, 6.45) is 0. The van der Waals surface area contributed by atoms with Crippen LogP contribution in [0, 0.1) is 0 Å². The van der Waals surface area contributed by atoms with Gasteiger partial charge in [0.15, 0.2) is 0 Å². The summed E-state index contributed by atoms with van der Waals surface area (Å²) in [7, 11) is 0. The number of benzene rings is 1. The lowest BCUT2D eigenvalue weighted by Crippen LogP contribution is -2.30. The third kappa shape index (κ3) is 3.36. The molecule has 0 radical (unpaired) electrons. The molecule has 0 aliphatic heterocycles. The van der Waals surface area contributed by atoms with Crippen LogP contribution in [-0.2, 0) is 6.54 Å². The first-order valence-electron chi connectivity index (χ1n) is 5.98. The maximum atomic E-state index is 12.5. The average Bonchev–Trinajstić information content (AvgIpc) is 2.88. The number of carbonyl (C=O) groups is 1. The van der Waals surface area contributed by atoms with Gasteiger partial charge in [0.2, 0.25) is 0 Å². The normalized spacial score (nSPS) is 10.4. The molecule has 0 aliphatic rings. The minimum absolute atomic E-state index is 0.0269. The zero-order valence-corrected chi connectivity index (χ0v) is 13.0. The average molecular weight is 339 g/mol. The lowest BCUT2D eigenvalue weighted by Gasteiger charge is -2.21. The zero-order valence-electron chi connectivity index (χ0n) is 10.6. The molecule has 0 spiro atoms. The van der Waals surface area contributed by atoms with Crippen LogP contribution in [0.5, 0.6) is 0 Å². The van der Waals surface area contributed by atoms with Crippen molar-refractivity contribution >= 4 is 38.9 Å². The molecule has 1 amide bonds. The number of nitrogen functional groups attached to an aromatic ring is 1. The highest BCUT2D eigenvalue weighted by Crippen LogP contribution is 2.21. The summed E-state index contributed by atoms with van der Waals surface area (Å²) in [5.41, 5.74) is 6.97. The number of halogens is 1. The highest BCUT2D eigenvalue weighted by molar-refractivity contribution is 9.10. The van der Waals surface area contributed by atoms with Crippen LogP contribution in [0.25, 0.3) is 0 Å². The Labute approximate surface area is 125 Å². The Balaban J connectivity index is 2.20. The van der Waals surface area contributed by atoms with Gasteiger partial charge in [-0.25, -0.2) is 0 Å². The standard InChI is InChI=1S/C14H15BrN2OS/c1-2-17(9-11-4-3-7-19-11)14(18)12-6-5-10(15)8-13(12)16/h3-8H,2,9,16H2,1H3. The first-order valence-corrected chi connectivity index (χ1v) is 7.65. The van der Waals surface area contributed by atoms with Crippen LogP contribution >= 0.6 is 27.3 Å². The summed E-state index contributed by atoms with van der Waals surface area (Å²) in [5, 5.41) is 2.02. The largest absolute Gasteiger partial charge is 0.398 e. The molecular weight excluding hydrogens is 324 g/mol. The number of anilines is 1. The van der Waals surface area contributed by atoms with Crippen LogP contribution in [0.4, 0.5) is 5.69 Å². The second kappa shape index (κ2) is 6.21. The molecular formula is C14H15BrN2OS. The highest BCUT2D eigenvalue weighted by Gasteiger charge is 2.17. The molecule has 1 aromatic carbocycles. The van der Waals surface area contributed by atoms with Gasteiger partial charge in [0, 0.05) is 21.6 Å². The monoisotopic (exact) mass is 338 g/mol. The van der Waals surface area contributed by atoms with E-state index in [1.165, 1.54) is 4.88 Å². The Morgan fingerprint density at radius 3 is 2.79 bits per heavy atom. The van der Waals surface area contributed by atoms with E-state index in [0.29, 0.717) is 24.3 Å². The van der Waals surface area contributed by atoms with Crippen molar-refractivity contribution in [2.24, 2.45) is 0 Å². The van der Waals surface area contributed by atoms with Crippen molar-refractivity contribution in [2.45, 2.75) is 13.5 Å². The molecule has 1 aromatic heterocycles. The molecule has 0 fully saturated rings. The van der Waals surface area contributed by atoms with E-state index in [9.17, 15) is 4.79 Å². The minimum atomic E-state index is -0.0269. The number of hydrogen-bond acceptors (Lipinski definition) is 3. The number of hydrogen-bond donors (Lipinski definition) is 1. The summed E-state index contributed by atoms with van der Waals surface area (Å²) < 4.78 is 0.878. The van der Waals surface area contributed by atoms with Crippen molar-refractivity contribution in [3.63, 3.8) is 0 Å². The Morgan fingerprint density at radius 2 is 2.21 bits per heavy atom. The Hall–Kier alpha value is -1.33. The van der Waals surface area contributed by atoms with Crippen LogP contribution in [-0.4, -0.2) is 17.4 Å². The van der Waals surface area contributed by atoms with E-state index in [1.807, 2.05) is 30.5 Å². The number of nitrogens with two attached hydrogens (primary N) is 1. The van der Waals surface area contributed by atoms with Crippen molar-refractivity contribution in [1.82, 2.24) is 4.90 Å². The van der Waals surface area contributed by atoms with Crippen LogP contribution in [0.3, 0.4) is 0 Å². The molecule has 0 aliphatic carbocycles. The lowest BCUT2D eigenvalue weighted by atomic mass is 10.1. The van der Waals surface area contributed by atoms with Crippen molar-refractivity contribution in [1.29, 1.82) is 0 Å². The van der Waals surface area contributed by atoms with Gasteiger partial charge in [-0.05, 0) is 36.6 Å². The second-order valence-corrected chi connectivity index (χ2v) is 6.08. The molecule has 3 nitrogen and oxygen atoms in total. The lowest BCUT2D eigenvalue weighted by molar-refractivity contribution is 0.0755. The van der Waals surface area contributed by atoms with Crippen LogP contribution in [0.1, 0.15) is 22.2 Å². The number of rotatable bonds is 4. The molecule has 19 heavy (non-hydrogen) atoms.